The van der Waals surface area contributed by atoms with Gasteiger partial charge in [0, 0.05) is 24.2 Å². The highest BCUT2D eigenvalue weighted by Gasteiger charge is 2.05. The van der Waals surface area contributed by atoms with Gasteiger partial charge in [-0.2, -0.15) is 0 Å². The number of rotatable bonds is 6. The third-order valence-corrected chi connectivity index (χ3v) is 3.29. The van der Waals surface area contributed by atoms with Crippen LogP contribution in [-0.4, -0.2) is 18.4 Å². The van der Waals surface area contributed by atoms with Gasteiger partial charge in [-0.1, -0.05) is 37.3 Å². The van der Waals surface area contributed by atoms with E-state index in [0.717, 1.165) is 6.42 Å². The summed E-state index contributed by atoms with van der Waals surface area (Å²) < 4.78 is 0. The van der Waals surface area contributed by atoms with Crippen molar-refractivity contribution in [3.05, 3.63) is 65.7 Å². The lowest BCUT2D eigenvalue weighted by Crippen LogP contribution is -2.25. The minimum Gasteiger partial charge on any atom is -0.352 e. The summed E-state index contributed by atoms with van der Waals surface area (Å²) >= 11 is 0. The Labute approximate surface area is 130 Å². The van der Waals surface area contributed by atoms with Gasteiger partial charge in [0.1, 0.15) is 0 Å². The third-order valence-electron chi connectivity index (χ3n) is 3.29. The molecule has 0 saturated carbocycles. The fourth-order valence-electron chi connectivity index (χ4n) is 2.02. The summed E-state index contributed by atoms with van der Waals surface area (Å²) in [5.74, 6) is -0.149. The predicted octanol–water partition coefficient (Wildman–Crippen LogP) is 3.01. The smallest absolute Gasteiger partial charge is 0.251 e. The van der Waals surface area contributed by atoms with Crippen molar-refractivity contribution in [3.63, 3.8) is 0 Å². The molecule has 22 heavy (non-hydrogen) atoms. The van der Waals surface area contributed by atoms with Crippen LogP contribution >= 0.6 is 0 Å². The van der Waals surface area contributed by atoms with E-state index in [0.29, 0.717) is 24.2 Å². The maximum Gasteiger partial charge on any atom is 0.251 e. The molecule has 4 nitrogen and oxygen atoms in total. The molecule has 4 heteroatoms. The number of hydrogen-bond donors (Lipinski definition) is 2. The predicted molar refractivity (Wildman–Crippen MR) is 87.8 cm³/mol. The second kappa shape index (κ2) is 7.98. The van der Waals surface area contributed by atoms with E-state index in [1.807, 2.05) is 30.3 Å². The van der Waals surface area contributed by atoms with Crippen LogP contribution in [0.2, 0.25) is 0 Å². The molecular formula is C18H20N2O2. The Morgan fingerprint density at radius 2 is 1.64 bits per heavy atom. The Kier molecular flexibility index (Phi) is 5.72. The largest absolute Gasteiger partial charge is 0.352 e. The normalized spacial score (nSPS) is 10.0. The van der Waals surface area contributed by atoms with Crippen molar-refractivity contribution in [1.82, 2.24) is 5.32 Å². The number of carbonyl (C=O) groups excluding carboxylic acids is 2. The van der Waals surface area contributed by atoms with Crippen molar-refractivity contribution in [2.24, 2.45) is 0 Å². The molecule has 0 aliphatic carbocycles. The topological polar surface area (TPSA) is 58.2 Å². The van der Waals surface area contributed by atoms with Crippen molar-refractivity contribution >= 4 is 17.5 Å². The molecule has 0 atom stereocenters. The lowest BCUT2D eigenvalue weighted by atomic mass is 10.1. The molecule has 2 rings (SSSR count). The zero-order chi connectivity index (χ0) is 15.8. The van der Waals surface area contributed by atoms with Gasteiger partial charge in [0.15, 0.2) is 0 Å². The quantitative estimate of drug-likeness (QED) is 0.861. The zero-order valence-electron chi connectivity index (χ0n) is 12.6. The SMILES string of the molecule is CCC(=O)Nc1ccc(C(=O)NCCc2ccccc2)cc1. The fourth-order valence-corrected chi connectivity index (χ4v) is 2.02. The lowest BCUT2D eigenvalue weighted by Gasteiger charge is -2.07. The van der Waals surface area contributed by atoms with E-state index in [1.165, 1.54) is 5.56 Å². The van der Waals surface area contributed by atoms with Gasteiger partial charge in [-0.3, -0.25) is 9.59 Å². The summed E-state index contributed by atoms with van der Waals surface area (Å²) in [5, 5.41) is 5.64. The van der Waals surface area contributed by atoms with Crippen molar-refractivity contribution < 1.29 is 9.59 Å². The first-order valence-corrected chi connectivity index (χ1v) is 7.41. The van der Waals surface area contributed by atoms with Gasteiger partial charge in [0.25, 0.3) is 5.91 Å². The van der Waals surface area contributed by atoms with Crippen LogP contribution < -0.4 is 10.6 Å². The van der Waals surface area contributed by atoms with Gasteiger partial charge in [0.05, 0.1) is 0 Å². The molecule has 0 fully saturated rings. The van der Waals surface area contributed by atoms with E-state index in [4.69, 9.17) is 0 Å². The van der Waals surface area contributed by atoms with E-state index in [-0.39, 0.29) is 11.8 Å². The van der Waals surface area contributed by atoms with Crippen molar-refractivity contribution in [2.45, 2.75) is 19.8 Å². The molecule has 0 saturated heterocycles. The van der Waals surface area contributed by atoms with Gasteiger partial charge < -0.3 is 10.6 Å². The molecule has 0 aliphatic rings. The second-order valence-corrected chi connectivity index (χ2v) is 4.97. The molecule has 0 radical (unpaired) electrons. The van der Waals surface area contributed by atoms with Crippen LogP contribution in [0.5, 0.6) is 0 Å². The first-order chi connectivity index (χ1) is 10.7. The second-order valence-electron chi connectivity index (χ2n) is 4.97. The molecule has 2 N–H and O–H groups in total. The molecule has 114 valence electrons. The van der Waals surface area contributed by atoms with E-state index in [1.54, 1.807) is 31.2 Å². The summed E-state index contributed by atoms with van der Waals surface area (Å²) in [4.78, 5) is 23.3. The van der Waals surface area contributed by atoms with Gasteiger partial charge in [-0.15, -0.1) is 0 Å². The van der Waals surface area contributed by atoms with E-state index in [2.05, 4.69) is 10.6 Å². The number of carbonyl (C=O) groups is 2. The van der Waals surface area contributed by atoms with Gasteiger partial charge in [-0.05, 0) is 36.2 Å². The van der Waals surface area contributed by atoms with E-state index in [9.17, 15) is 9.59 Å². The van der Waals surface area contributed by atoms with Crippen molar-refractivity contribution in [1.29, 1.82) is 0 Å². The summed E-state index contributed by atoms with van der Waals surface area (Å²) in [6, 6.07) is 16.9. The Morgan fingerprint density at radius 1 is 0.955 bits per heavy atom. The number of amides is 2. The lowest BCUT2D eigenvalue weighted by molar-refractivity contribution is -0.115. The van der Waals surface area contributed by atoms with Crippen LogP contribution in [0.15, 0.2) is 54.6 Å². The van der Waals surface area contributed by atoms with Crippen molar-refractivity contribution in [3.8, 4) is 0 Å². The minimum absolute atomic E-state index is 0.0416. The average Bonchev–Trinajstić information content (AvgIpc) is 2.56. The van der Waals surface area contributed by atoms with Crippen LogP contribution in [0.25, 0.3) is 0 Å². The number of benzene rings is 2. The molecule has 0 unspecified atom stereocenters. The zero-order valence-corrected chi connectivity index (χ0v) is 12.6. The van der Waals surface area contributed by atoms with Gasteiger partial charge in [0.2, 0.25) is 5.91 Å². The maximum absolute atomic E-state index is 12.0. The van der Waals surface area contributed by atoms with Crippen LogP contribution in [-0.2, 0) is 11.2 Å². The van der Waals surface area contributed by atoms with Crippen LogP contribution in [0, 0.1) is 0 Å². The highest BCUT2D eigenvalue weighted by atomic mass is 16.2. The fraction of sp³-hybridized carbons (Fsp3) is 0.222. The number of hydrogen-bond acceptors (Lipinski definition) is 2. The number of anilines is 1. The monoisotopic (exact) mass is 296 g/mol. The third kappa shape index (κ3) is 4.74. The van der Waals surface area contributed by atoms with Crippen LogP contribution in [0.4, 0.5) is 5.69 Å². The first kappa shape index (κ1) is 15.8. The molecule has 0 bridgehead atoms. The highest BCUT2D eigenvalue weighted by molar-refractivity contribution is 5.95. The summed E-state index contributed by atoms with van der Waals surface area (Å²) in [6.07, 6.45) is 1.24. The average molecular weight is 296 g/mol. The molecule has 0 spiro atoms. The molecule has 2 aromatic rings. The Balaban J connectivity index is 1.83. The minimum atomic E-state index is -0.107. The summed E-state index contributed by atoms with van der Waals surface area (Å²) in [7, 11) is 0. The number of nitrogens with one attached hydrogen (secondary N) is 2. The first-order valence-electron chi connectivity index (χ1n) is 7.41. The maximum atomic E-state index is 12.0. The summed E-state index contributed by atoms with van der Waals surface area (Å²) in [6.45, 7) is 2.39. The summed E-state index contributed by atoms with van der Waals surface area (Å²) in [5.41, 5.74) is 2.48. The molecule has 0 aromatic heterocycles. The van der Waals surface area contributed by atoms with E-state index < -0.39 is 0 Å². The molecule has 2 amide bonds. The molecular weight excluding hydrogens is 276 g/mol. The van der Waals surface area contributed by atoms with E-state index >= 15 is 0 Å². The van der Waals surface area contributed by atoms with Crippen LogP contribution in [0.3, 0.4) is 0 Å². The Hall–Kier alpha value is -2.62. The van der Waals surface area contributed by atoms with Crippen LogP contribution in [0.1, 0.15) is 29.3 Å². The Morgan fingerprint density at radius 3 is 2.27 bits per heavy atom. The van der Waals surface area contributed by atoms with Gasteiger partial charge >= 0.3 is 0 Å². The highest BCUT2D eigenvalue weighted by Crippen LogP contribution is 2.10. The molecule has 0 heterocycles. The van der Waals surface area contributed by atoms with Gasteiger partial charge in [-0.25, -0.2) is 0 Å². The Bertz CT molecular complexity index is 621. The standard InChI is InChI=1S/C18H20N2O2/c1-2-17(21)20-16-10-8-15(9-11-16)18(22)19-13-12-14-6-4-3-5-7-14/h3-11H,2,12-13H2,1H3,(H,19,22)(H,20,21). The van der Waals surface area contributed by atoms with Crippen molar-refractivity contribution in [2.75, 3.05) is 11.9 Å². The molecule has 2 aromatic carbocycles. The molecule has 0 aliphatic heterocycles.